The standard InChI is InChI=1S/C22H21NO5S2/c1-4-11-28-17-10-5-14(12-18(17)26-2)13-19-20(24)23(22(29)30-19)16-8-6-15(7-9-16)21(25)27-3/h5-10,12-13H,4,11H2,1-3H3/b19-13-. The van der Waals surface area contributed by atoms with Crippen molar-refractivity contribution in [1.82, 2.24) is 0 Å². The lowest BCUT2D eigenvalue weighted by Gasteiger charge is -2.14. The molecule has 3 rings (SSSR count). The maximum Gasteiger partial charge on any atom is 0.337 e. The van der Waals surface area contributed by atoms with Gasteiger partial charge in [0.15, 0.2) is 15.8 Å². The lowest BCUT2D eigenvalue weighted by Crippen LogP contribution is -2.27. The maximum atomic E-state index is 13.0. The van der Waals surface area contributed by atoms with Crippen LogP contribution in [-0.2, 0) is 9.53 Å². The van der Waals surface area contributed by atoms with Crippen molar-refractivity contribution in [3.8, 4) is 11.5 Å². The molecule has 0 bridgehead atoms. The predicted molar refractivity (Wildman–Crippen MR) is 122 cm³/mol. The van der Waals surface area contributed by atoms with E-state index in [0.29, 0.717) is 38.6 Å². The first-order valence-electron chi connectivity index (χ1n) is 9.25. The number of thiocarbonyl (C=S) groups is 1. The number of anilines is 1. The SMILES string of the molecule is CCCOc1ccc(/C=C2\SC(=S)N(c3ccc(C(=O)OC)cc3)C2=O)cc1OC. The third-order valence-corrected chi connectivity index (χ3v) is 5.59. The molecule has 30 heavy (non-hydrogen) atoms. The minimum Gasteiger partial charge on any atom is -0.493 e. The van der Waals surface area contributed by atoms with E-state index in [-0.39, 0.29) is 5.91 Å². The van der Waals surface area contributed by atoms with E-state index in [1.807, 2.05) is 25.1 Å². The first-order chi connectivity index (χ1) is 14.5. The van der Waals surface area contributed by atoms with Crippen LogP contribution in [0, 0.1) is 0 Å². The van der Waals surface area contributed by atoms with Crippen molar-refractivity contribution in [3.05, 3.63) is 58.5 Å². The highest BCUT2D eigenvalue weighted by Crippen LogP contribution is 2.37. The molecule has 0 unspecified atom stereocenters. The topological polar surface area (TPSA) is 65.1 Å². The smallest absolute Gasteiger partial charge is 0.337 e. The number of esters is 1. The van der Waals surface area contributed by atoms with Crippen LogP contribution in [0.1, 0.15) is 29.3 Å². The number of rotatable bonds is 7. The molecule has 156 valence electrons. The molecule has 1 fully saturated rings. The number of hydrogen-bond donors (Lipinski definition) is 0. The minimum absolute atomic E-state index is 0.221. The van der Waals surface area contributed by atoms with Crippen molar-refractivity contribution in [2.45, 2.75) is 13.3 Å². The summed E-state index contributed by atoms with van der Waals surface area (Å²) in [4.78, 5) is 26.5. The van der Waals surface area contributed by atoms with Crippen LogP contribution in [0.4, 0.5) is 5.69 Å². The average molecular weight is 444 g/mol. The number of carbonyl (C=O) groups excluding carboxylic acids is 2. The van der Waals surface area contributed by atoms with Crippen LogP contribution in [0.5, 0.6) is 11.5 Å². The summed E-state index contributed by atoms with van der Waals surface area (Å²) in [6.45, 7) is 2.63. The van der Waals surface area contributed by atoms with Gasteiger partial charge < -0.3 is 14.2 Å². The third kappa shape index (κ3) is 4.66. The Kier molecular flexibility index (Phi) is 7.12. The van der Waals surface area contributed by atoms with Crippen LogP contribution in [0.15, 0.2) is 47.4 Å². The number of ether oxygens (including phenoxy) is 3. The Morgan fingerprint density at radius 1 is 1.13 bits per heavy atom. The summed E-state index contributed by atoms with van der Waals surface area (Å²) in [5.41, 5.74) is 1.80. The van der Waals surface area contributed by atoms with Crippen molar-refractivity contribution in [2.24, 2.45) is 0 Å². The fourth-order valence-electron chi connectivity index (χ4n) is 2.81. The number of benzene rings is 2. The van der Waals surface area contributed by atoms with Crippen molar-refractivity contribution in [3.63, 3.8) is 0 Å². The fraction of sp³-hybridized carbons (Fsp3) is 0.227. The van der Waals surface area contributed by atoms with Gasteiger partial charge in [0, 0.05) is 0 Å². The Hall–Kier alpha value is -2.84. The van der Waals surface area contributed by atoms with Gasteiger partial charge in [0.2, 0.25) is 0 Å². The van der Waals surface area contributed by atoms with E-state index in [4.69, 9.17) is 26.4 Å². The minimum atomic E-state index is -0.438. The quantitative estimate of drug-likeness (QED) is 0.350. The second-order valence-corrected chi connectivity index (χ2v) is 7.99. The van der Waals surface area contributed by atoms with Gasteiger partial charge in [-0.25, -0.2) is 4.79 Å². The first-order valence-corrected chi connectivity index (χ1v) is 10.5. The molecule has 2 aromatic rings. The van der Waals surface area contributed by atoms with Crippen molar-refractivity contribution >= 4 is 51.9 Å². The monoisotopic (exact) mass is 443 g/mol. The number of thioether (sulfide) groups is 1. The summed E-state index contributed by atoms with van der Waals surface area (Å²) in [5, 5.41) is 0. The van der Waals surface area contributed by atoms with E-state index >= 15 is 0 Å². The molecular weight excluding hydrogens is 422 g/mol. The van der Waals surface area contributed by atoms with E-state index in [1.54, 1.807) is 37.5 Å². The van der Waals surface area contributed by atoms with Crippen LogP contribution < -0.4 is 14.4 Å². The molecule has 8 heteroatoms. The lowest BCUT2D eigenvalue weighted by atomic mass is 10.1. The van der Waals surface area contributed by atoms with Crippen LogP contribution >= 0.6 is 24.0 Å². The van der Waals surface area contributed by atoms with Gasteiger partial charge in [0.1, 0.15) is 0 Å². The molecule has 1 amide bonds. The predicted octanol–water partition coefficient (Wildman–Crippen LogP) is 4.68. The molecule has 1 saturated heterocycles. The number of methoxy groups -OCH3 is 2. The number of amides is 1. The number of nitrogens with zero attached hydrogens (tertiary/aromatic N) is 1. The van der Waals surface area contributed by atoms with E-state index < -0.39 is 5.97 Å². The second kappa shape index (κ2) is 9.77. The summed E-state index contributed by atoms with van der Waals surface area (Å²) >= 11 is 6.63. The highest BCUT2D eigenvalue weighted by molar-refractivity contribution is 8.27. The number of hydrogen-bond acceptors (Lipinski definition) is 7. The molecule has 0 saturated carbocycles. The molecule has 0 atom stereocenters. The fourth-order valence-corrected chi connectivity index (χ4v) is 4.11. The molecule has 2 aromatic carbocycles. The molecule has 0 radical (unpaired) electrons. The Bertz CT molecular complexity index is 1000. The van der Waals surface area contributed by atoms with Crippen LogP contribution in [0.3, 0.4) is 0 Å². The van der Waals surface area contributed by atoms with Crippen molar-refractivity contribution in [2.75, 3.05) is 25.7 Å². The van der Waals surface area contributed by atoms with Gasteiger partial charge in [-0.1, -0.05) is 37.0 Å². The molecule has 1 aliphatic rings. The second-order valence-electron chi connectivity index (χ2n) is 6.31. The molecule has 0 aromatic heterocycles. The van der Waals surface area contributed by atoms with Gasteiger partial charge in [0.25, 0.3) is 5.91 Å². The zero-order valence-corrected chi connectivity index (χ0v) is 18.5. The molecule has 1 aliphatic heterocycles. The highest BCUT2D eigenvalue weighted by atomic mass is 32.2. The summed E-state index contributed by atoms with van der Waals surface area (Å²) in [6, 6.07) is 12.1. The Morgan fingerprint density at radius 3 is 2.50 bits per heavy atom. The zero-order chi connectivity index (χ0) is 21.7. The zero-order valence-electron chi connectivity index (χ0n) is 16.8. The molecule has 6 nitrogen and oxygen atoms in total. The Balaban J connectivity index is 1.83. The van der Waals surface area contributed by atoms with Crippen molar-refractivity contribution in [1.29, 1.82) is 0 Å². The summed E-state index contributed by atoms with van der Waals surface area (Å²) in [5.74, 6) is 0.606. The van der Waals surface area contributed by atoms with E-state index in [9.17, 15) is 9.59 Å². The largest absolute Gasteiger partial charge is 0.493 e. The normalized spacial score (nSPS) is 14.9. The Morgan fingerprint density at radius 2 is 1.87 bits per heavy atom. The lowest BCUT2D eigenvalue weighted by molar-refractivity contribution is -0.113. The van der Waals surface area contributed by atoms with Gasteiger partial charge in [-0.05, 0) is 54.5 Å². The van der Waals surface area contributed by atoms with Gasteiger partial charge in [-0.2, -0.15) is 0 Å². The third-order valence-electron chi connectivity index (χ3n) is 4.29. The van der Waals surface area contributed by atoms with Crippen LogP contribution in [0.25, 0.3) is 6.08 Å². The van der Waals surface area contributed by atoms with Gasteiger partial charge in [0.05, 0.1) is 37.0 Å². The molecule has 0 aliphatic carbocycles. The van der Waals surface area contributed by atoms with E-state index in [1.165, 1.54) is 23.8 Å². The molecule has 0 spiro atoms. The maximum absolute atomic E-state index is 13.0. The Labute approximate surface area is 184 Å². The number of carbonyl (C=O) groups is 2. The first kappa shape index (κ1) is 21.9. The summed E-state index contributed by atoms with van der Waals surface area (Å²) in [6.07, 6.45) is 2.67. The van der Waals surface area contributed by atoms with E-state index in [2.05, 4.69) is 0 Å². The van der Waals surface area contributed by atoms with Gasteiger partial charge in [-0.3, -0.25) is 9.69 Å². The molecule has 0 N–H and O–H groups in total. The summed E-state index contributed by atoms with van der Waals surface area (Å²) in [7, 11) is 2.90. The van der Waals surface area contributed by atoms with Crippen LogP contribution in [-0.4, -0.2) is 37.0 Å². The highest BCUT2D eigenvalue weighted by Gasteiger charge is 2.33. The van der Waals surface area contributed by atoms with E-state index in [0.717, 1.165) is 12.0 Å². The van der Waals surface area contributed by atoms with Gasteiger partial charge >= 0.3 is 5.97 Å². The van der Waals surface area contributed by atoms with Gasteiger partial charge in [-0.15, -0.1) is 0 Å². The van der Waals surface area contributed by atoms with Crippen molar-refractivity contribution < 1.29 is 23.8 Å². The molecule has 1 heterocycles. The summed E-state index contributed by atoms with van der Waals surface area (Å²) < 4.78 is 16.2. The molecular formula is C22H21NO5S2. The average Bonchev–Trinajstić information content (AvgIpc) is 3.04. The van der Waals surface area contributed by atoms with Crippen LogP contribution in [0.2, 0.25) is 0 Å².